The third-order valence-electron chi connectivity index (χ3n) is 26.6. The van der Waals surface area contributed by atoms with Crippen LogP contribution in [0.3, 0.4) is 0 Å². The van der Waals surface area contributed by atoms with E-state index in [2.05, 4.69) is 161 Å². The number of benzene rings is 13. The van der Waals surface area contributed by atoms with Gasteiger partial charge in [0.2, 0.25) is 6.79 Å². The van der Waals surface area contributed by atoms with Gasteiger partial charge in [-0.05, 0) is 261 Å². The molecular weight excluding hydrogens is 1780 g/mol. The molecule has 7 aliphatic heterocycles. The lowest BCUT2D eigenvalue weighted by Crippen LogP contribution is -2.11. The zero-order valence-corrected chi connectivity index (χ0v) is 81.0. The van der Waals surface area contributed by atoms with Crippen LogP contribution in [0.25, 0.3) is 77.0 Å². The minimum atomic E-state index is -0.186. The highest BCUT2D eigenvalue weighted by molar-refractivity contribution is 6.31. The Morgan fingerprint density at radius 2 is 0.627 bits per heavy atom. The molecule has 0 amide bonds. The van der Waals surface area contributed by atoms with E-state index < -0.39 is 0 Å². The molecule has 20 nitrogen and oxygen atoms in total. The first-order chi connectivity index (χ1) is 69.4. The molecule has 13 heterocycles. The summed E-state index contributed by atoms with van der Waals surface area (Å²) in [4.78, 5) is 83.5. The van der Waals surface area contributed by atoms with Crippen molar-refractivity contribution in [1.29, 1.82) is 0 Å². The second-order valence-electron chi connectivity index (χ2n) is 38.0. The molecule has 0 saturated carbocycles. The highest BCUT2D eigenvalue weighted by atomic mass is 35.5. The molecule has 0 aliphatic carbocycles. The van der Waals surface area contributed by atoms with Crippen molar-refractivity contribution in [2.24, 2.45) is 30.0 Å². The number of nitrogens with zero attached hydrogens (tertiary/aromatic N) is 18. The van der Waals surface area contributed by atoms with Crippen LogP contribution < -0.4 is 9.47 Å². The second-order valence-corrected chi connectivity index (χ2v) is 38.4. The second kappa shape index (κ2) is 41.6. The molecule has 0 atom stereocenters. The summed E-state index contributed by atoms with van der Waals surface area (Å²) >= 11 is 6.18. The van der Waals surface area contributed by atoms with Crippen LogP contribution in [0, 0.1) is 26.6 Å². The standard InChI is InChI=1S/C22H17N3.C22H23N3.C19H16ClN3.C19H16FN3.C19H15N3O2.C19H17N3/c1-2-6-19-15(5-1)9-10-16-13-17(25-22(16)19)11-12-18-14-23-20-7-3-4-8-21(20)24-18;1-22(2,3)16-8-11-19-15(12-16)13-17(24-19)9-10-18-14-23-20-6-4-5-7-21(20)25-18;2*1-12-8-13-9-14(22-19(13)10-16(12)20)6-7-15-11-21-17-4-2-3-5-18(17)23-15;1-2-4-16-15(3-1)20-10-14(22-16)6-5-13-7-12-8-18-19(24-11-23-18)9-17(12)21-13;1-13-5-4-8-17-16(13)11-14(21-17)9-10-15-12-20-18-6-2-3-7-19(18)22-15/h1-10,14H,11-13H2;4-8,11-12,14H,9-10,13H2,1-3H3;2*2-5,8,10-11H,6-7,9H2,1H3;1-4,8-10H,5-7,11H2;2-8,12H,9-11H2,1H3. The summed E-state index contributed by atoms with van der Waals surface area (Å²) in [6, 6.07) is 85.2. The maximum atomic E-state index is 13.6. The van der Waals surface area contributed by atoms with Gasteiger partial charge in [0.05, 0.1) is 134 Å². The van der Waals surface area contributed by atoms with Gasteiger partial charge in [-0.25, -0.2) is 34.3 Å². The number of hydrogen-bond acceptors (Lipinski definition) is 20. The molecule has 7 aliphatic rings. The van der Waals surface area contributed by atoms with Crippen molar-refractivity contribution in [3.8, 4) is 11.5 Å². The maximum absolute atomic E-state index is 13.6. The molecule has 19 aromatic rings. The van der Waals surface area contributed by atoms with E-state index >= 15 is 0 Å². The van der Waals surface area contributed by atoms with E-state index in [-0.39, 0.29) is 11.2 Å². The van der Waals surface area contributed by atoms with E-state index in [1.165, 1.54) is 84.3 Å². The Labute approximate surface area is 828 Å². The number of halogens is 2. The molecule has 0 radical (unpaired) electrons. The zero-order valence-electron chi connectivity index (χ0n) is 80.3. The zero-order chi connectivity index (χ0) is 96.6. The monoisotopic (exact) mass is 1880 g/mol. The maximum Gasteiger partial charge on any atom is 0.231 e. The number of ether oxygens (including phenoxy) is 2. The number of rotatable bonds is 18. The van der Waals surface area contributed by atoms with Gasteiger partial charge in [-0.15, -0.1) is 0 Å². The van der Waals surface area contributed by atoms with Crippen molar-refractivity contribution >= 4 is 157 Å². The van der Waals surface area contributed by atoms with Crippen LogP contribution >= 0.6 is 11.6 Å². The molecule has 0 N–H and O–H groups in total. The lowest BCUT2D eigenvalue weighted by Gasteiger charge is -2.19. The molecule has 0 spiro atoms. The average molecular weight is 1880 g/mol. The summed E-state index contributed by atoms with van der Waals surface area (Å²) < 4.78 is 24.5. The van der Waals surface area contributed by atoms with Gasteiger partial charge in [0.25, 0.3) is 0 Å². The number of fused-ring (bicyclic) bond motifs is 15. The fraction of sp³-hybridized carbons (Fsp3) is 0.217. The van der Waals surface area contributed by atoms with Crippen molar-refractivity contribution in [1.82, 2.24) is 59.8 Å². The Hall–Kier alpha value is -16.0. The highest BCUT2D eigenvalue weighted by Gasteiger charge is 2.27. The van der Waals surface area contributed by atoms with Crippen LogP contribution in [-0.4, -0.2) is 101 Å². The molecule has 700 valence electrons. The van der Waals surface area contributed by atoms with E-state index in [0.717, 1.165) is 283 Å². The van der Waals surface area contributed by atoms with Crippen molar-refractivity contribution in [3.05, 3.63) is 393 Å². The molecule has 0 saturated heterocycles. The first kappa shape index (κ1) is 92.4. The number of aliphatic imine (C=N–C) groups is 6. The molecular formula is C120H104ClFN18O2. The third kappa shape index (κ3) is 21.9. The number of aryl methyl sites for hydroxylation is 9. The lowest BCUT2D eigenvalue weighted by atomic mass is 9.85. The van der Waals surface area contributed by atoms with Crippen LogP contribution in [0.5, 0.6) is 11.5 Å². The van der Waals surface area contributed by atoms with Gasteiger partial charge >= 0.3 is 0 Å². The summed E-state index contributed by atoms with van der Waals surface area (Å²) in [6.07, 6.45) is 27.3. The van der Waals surface area contributed by atoms with Gasteiger partial charge in [0.1, 0.15) is 5.82 Å². The van der Waals surface area contributed by atoms with Gasteiger partial charge in [-0.2, -0.15) is 0 Å². The van der Waals surface area contributed by atoms with Crippen molar-refractivity contribution in [2.45, 2.75) is 163 Å². The number of hydrogen-bond donors (Lipinski definition) is 0. The molecule has 142 heavy (non-hydrogen) atoms. The van der Waals surface area contributed by atoms with Crippen LogP contribution in [0.2, 0.25) is 5.02 Å². The van der Waals surface area contributed by atoms with Crippen molar-refractivity contribution in [3.63, 3.8) is 0 Å². The average Bonchev–Trinajstić information content (AvgIpc) is 1.65. The van der Waals surface area contributed by atoms with E-state index in [9.17, 15) is 4.39 Å². The van der Waals surface area contributed by atoms with Gasteiger partial charge < -0.3 is 9.47 Å². The number of aromatic nitrogens is 12. The Morgan fingerprint density at radius 3 is 1.06 bits per heavy atom. The first-order valence-electron chi connectivity index (χ1n) is 48.7. The van der Waals surface area contributed by atoms with E-state index in [1.807, 2.05) is 214 Å². The fourth-order valence-corrected chi connectivity index (χ4v) is 19.0. The van der Waals surface area contributed by atoms with E-state index in [0.29, 0.717) is 12.4 Å². The summed E-state index contributed by atoms with van der Waals surface area (Å²) in [7, 11) is 0. The summed E-state index contributed by atoms with van der Waals surface area (Å²) in [5.41, 5.74) is 43.1. The van der Waals surface area contributed by atoms with Crippen LogP contribution in [0.1, 0.15) is 149 Å². The largest absolute Gasteiger partial charge is 0.454 e. The van der Waals surface area contributed by atoms with Crippen molar-refractivity contribution in [2.75, 3.05) is 6.79 Å². The highest BCUT2D eigenvalue weighted by Crippen LogP contribution is 2.43. The van der Waals surface area contributed by atoms with E-state index in [4.69, 9.17) is 56.0 Å². The van der Waals surface area contributed by atoms with Gasteiger partial charge in [0, 0.05) is 133 Å². The number of para-hydroxylation sites is 12. The molecule has 0 unspecified atom stereocenters. The van der Waals surface area contributed by atoms with Gasteiger partial charge in [-0.3, -0.25) is 59.9 Å². The molecule has 0 bridgehead atoms. The Morgan fingerprint density at radius 1 is 0.282 bits per heavy atom. The summed E-state index contributed by atoms with van der Waals surface area (Å²) in [6.45, 7) is 13.0. The Balaban J connectivity index is 0.000000101. The molecule has 0 fully saturated rings. The minimum absolute atomic E-state index is 0.179. The Bertz CT molecular complexity index is 8160. The normalized spacial score (nSPS) is 13.6. The smallest absolute Gasteiger partial charge is 0.231 e. The quantitative estimate of drug-likeness (QED) is 0.0775. The van der Waals surface area contributed by atoms with Crippen LogP contribution in [-0.2, 0) is 82.5 Å². The van der Waals surface area contributed by atoms with E-state index in [1.54, 1.807) is 6.92 Å². The SMILES string of the molecule is CC(C)(C)c1ccc2c(c1)CC(CCc1cnc3ccccc3n1)=N2.Cc1cc2c(cc1Cl)N=C(CCc1cnc3ccccc3n1)C2.Cc1cc2c(cc1F)N=C(CCc1cnc3ccccc3n1)C2.Cc1cccc2c1CC(CCc1cnc3ccccc3n1)=N2.c1ccc2c3c(ccc2c1)CC(CCc1cnc2ccccc2n1)=N3.c1ccc2nc(CCC3=Nc4cc5c(cc4C3)OCO5)cnc2c1. The molecule has 13 aromatic carbocycles. The van der Waals surface area contributed by atoms with Crippen LogP contribution in [0.4, 0.5) is 38.5 Å². The Kier molecular flexibility index (Phi) is 27.0. The topological polar surface area (TPSA) is 247 Å². The predicted octanol–water partition coefficient (Wildman–Crippen LogP) is 27.2. The van der Waals surface area contributed by atoms with Gasteiger partial charge in [0.15, 0.2) is 11.5 Å². The fourth-order valence-electron chi connectivity index (χ4n) is 18.8. The summed E-state index contributed by atoms with van der Waals surface area (Å²) in [5.74, 6) is 1.43. The third-order valence-corrected chi connectivity index (χ3v) is 27.0. The molecule has 26 rings (SSSR count). The van der Waals surface area contributed by atoms with Gasteiger partial charge in [-0.1, -0.05) is 178 Å². The minimum Gasteiger partial charge on any atom is -0.454 e. The molecule has 22 heteroatoms. The first-order valence-corrected chi connectivity index (χ1v) is 49.1. The summed E-state index contributed by atoms with van der Waals surface area (Å²) in [5, 5.41) is 3.29. The molecule has 6 aromatic heterocycles. The lowest BCUT2D eigenvalue weighted by molar-refractivity contribution is 0.174. The van der Waals surface area contributed by atoms with Crippen LogP contribution in [0.15, 0.2) is 322 Å². The predicted molar refractivity (Wildman–Crippen MR) is 572 cm³/mol. The van der Waals surface area contributed by atoms with Crippen molar-refractivity contribution < 1.29 is 13.9 Å².